The first kappa shape index (κ1) is 23.1. The topological polar surface area (TPSA) is 74.3 Å². The smallest absolute Gasteiger partial charge is 0.241 e. The van der Waals surface area contributed by atoms with Crippen LogP contribution in [0.1, 0.15) is 29.7 Å². The molecule has 1 aromatic heterocycles. The summed E-state index contributed by atoms with van der Waals surface area (Å²) in [5.74, 6) is 0. The summed E-state index contributed by atoms with van der Waals surface area (Å²) in [6.45, 7) is 2.76. The molecule has 35 heavy (non-hydrogen) atoms. The van der Waals surface area contributed by atoms with E-state index in [1.54, 1.807) is 18.3 Å². The number of pyridine rings is 1. The first-order valence-electron chi connectivity index (χ1n) is 11.7. The van der Waals surface area contributed by atoms with E-state index in [2.05, 4.69) is 26.8 Å². The lowest BCUT2D eigenvalue weighted by atomic mass is 10.00. The Bertz CT molecular complexity index is 1380. The number of benzene rings is 3. The van der Waals surface area contributed by atoms with Gasteiger partial charge in [-0.05, 0) is 48.2 Å². The Balaban J connectivity index is 1.34. The Labute approximate surface area is 206 Å². The zero-order chi connectivity index (χ0) is 24.3. The van der Waals surface area contributed by atoms with Gasteiger partial charge < -0.3 is 10.2 Å². The van der Waals surface area contributed by atoms with Gasteiger partial charge in [-0.3, -0.25) is 4.98 Å². The molecule has 2 atom stereocenters. The highest BCUT2D eigenvalue weighted by Crippen LogP contribution is 2.34. The van der Waals surface area contributed by atoms with Gasteiger partial charge in [0, 0.05) is 12.7 Å². The van der Waals surface area contributed by atoms with Crippen molar-refractivity contribution in [2.24, 2.45) is 0 Å². The number of aromatic nitrogens is 1. The van der Waals surface area contributed by atoms with Crippen LogP contribution < -0.4 is 14.9 Å². The molecule has 0 bridgehead atoms. The fourth-order valence-electron chi connectivity index (χ4n) is 4.47. The van der Waals surface area contributed by atoms with Crippen molar-refractivity contribution in [2.75, 3.05) is 10.2 Å². The van der Waals surface area contributed by atoms with Crippen molar-refractivity contribution >= 4 is 21.4 Å². The molecule has 1 aliphatic heterocycles. The standard InChI is InChI=1S/C28H28N4O2S/c1-21-30-27-19-29-17-16-28(27)32(21)20-23-12-14-25(15-13-23)35(33,34)31-26(24-10-6-3-7-11-24)18-22-8-4-2-5-9-22/h2-17,19,21,26,30-31H,18,20H2,1H3. The number of rotatable bonds is 8. The number of nitrogens with zero attached hydrogens (tertiary/aromatic N) is 2. The Hall–Kier alpha value is -3.68. The maximum atomic E-state index is 13.3. The van der Waals surface area contributed by atoms with Crippen LogP contribution in [0.3, 0.4) is 0 Å². The summed E-state index contributed by atoms with van der Waals surface area (Å²) in [6, 6.07) is 28.4. The van der Waals surface area contributed by atoms with Crippen molar-refractivity contribution in [3.8, 4) is 0 Å². The maximum Gasteiger partial charge on any atom is 0.241 e. The van der Waals surface area contributed by atoms with E-state index < -0.39 is 10.0 Å². The third-order valence-electron chi connectivity index (χ3n) is 6.31. The Kier molecular flexibility index (Phi) is 6.53. The maximum absolute atomic E-state index is 13.3. The lowest BCUT2D eigenvalue weighted by Crippen LogP contribution is -2.32. The largest absolute Gasteiger partial charge is 0.362 e. The molecule has 178 valence electrons. The number of hydrogen-bond donors (Lipinski definition) is 2. The molecule has 2 unspecified atom stereocenters. The highest BCUT2D eigenvalue weighted by Gasteiger charge is 2.26. The SMILES string of the molecule is CC1Nc2cnccc2N1Cc1ccc(S(=O)(=O)NC(Cc2ccccc2)c2ccccc2)cc1. The molecule has 2 N–H and O–H groups in total. The van der Waals surface area contributed by atoms with E-state index >= 15 is 0 Å². The molecule has 7 heteroatoms. The van der Waals surface area contributed by atoms with Gasteiger partial charge in [-0.25, -0.2) is 13.1 Å². The van der Waals surface area contributed by atoms with Crippen molar-refractivity contribution < 1.29 is 8.42 Å². The molecule has 0 amide bonds. The molecule has 0 saturated heterocycles. The fourth-order valence-corrected chi connectivity index (χ4v) is 5.70. The van der Waals surface area contributed by atoms with Crippen molar-refractivity contribution in [1.29, 1.82) is 0 Å². The van der Waals surface area contributed by atoms with E-state index in [1.807, 2.05) is 85.1 Å². The molecule has 5 rings (SSSR count). The minimum atomic E-state index is -3.72. The third kappa shape index (κ3) is 5.21. The normalized spacial score (nSPS) is 15.9. The van der Waals surface area contributed by atoms with Crippen molar-refractivity contribution in [3.05, 3.63) is 120 Å². The van der Waals surface area contributed by atoms with Crippen LogP contribution in [0.4, 0.5) is 11.4 Å². The van der Waals surface area contributed by atoms with E-state index in [9.17, 15) is 8.42 Å². The van der Waals surface area contributed by atoms with Crippen LogP contribution in [0.2, 0.25) is 0 Å². The van der Waals surface area contributed by atoms with Crippen molar-refractivity contribution in [3.63, 3.8) is 0 Å². The average molecular weight is 485 g/mol. The molecule has 0 radical (unpaired) electrons. The quantitative estimate of drug-likeness (QED) is 0.363. The monoisotopic (exact) mass is 484 g/mol. The minimum Gasteiger partial charge on any atom is -0.362 e. The minimum absolute atomic E-state index is 0.129. The first-order chi connectivity index (χ1) is 17.0. The molecular formula is C28H28N4O2S. The molecule has 4 aromatic rings. The molecule has 3 aromatic carbocycles. The molecule has 2 heterocycles. The number of sulfonamides is 1. The van der Waals surface area contributed by atoms with E-state index in [4.69, 9.17) is 0 Å². The lowest BCUT2D eigenvalue weighted by molar-refractivity contribution is 0.554. The number of nitrogens with one attached hydrogen (secondary N) is 2. The highest BCUT2D eigenvalue weighted by molar-refractivity contribution is 7.89. The van der Waals surface area contributed by atoms with Gasteiger partial charge >= 0.3 is 0 Å². The summed E-state index contributed by atoms with van der Waals surface area (Å²) in [5.41, 5.74) is 5.14. The fraction of sp³-hybridized carbons (Fsp3) is 0.179. The van der Waals surface area contributed by atoms with Gasteiger partial charge in [-0.2, -0.15) is 0 Å². The van der Waals surface area contributed by atoms with Crippen molar-refractivity contribution in [1.82, 2.24) is 9.71 Å². The number of anilines is 2. The highest BCUT2D eigenvalue weighted by atomic mass is 32.2. The predicted molar refractivity (Wildman–Crippen MR) is 140 cm³/mol. The third-order valence-corrected chi connectivity index (χ3v) is 7.80. The van der Waals surface area contributed by atoms with E-state index in [0.29, 0.717) is 13.0 Å². The second-order valence-electron chi connectivity index (χ2n) is 8.76. The first-order valence-corrected chi connectivity index (χ1v) is 13.2. The summed E-state index contributed by atoms with van der Waals surface area (Å²) in [7, 11) is -3.72. The Morgan fingerprint density at radius 3 is 2.31 bits per heavy atom. The summed E-state index contributed by atoms with van der Waals surface area (Å²) in [6.07, 6.45) is 4.30. The lowest BCUT2D eigenvalue weighted by Gasteiger charge is -2.24. The van der Waals surface area contributed by atoms with E-state index in [-0.39, 0.29) is 17.1 Å². The van der Waals surface area contributed by atoms with Crippen LogP contribution >= 0.6 is 0 Å². The van der Waals surface area contributed by atoms with Gasteiger partial charge in [0.25, 0.3) is 0 Å². The molecule has 0 fully saturated rings. The van der Waals surface area contributed by atoms with E-state index in [1.165, 1.54) is 0 Å². The van der Waals surface area contributed by atoms with Gasteiger partial charge in [-0.1, -0.05) is 72.8 Å². The van der Waals surface area contributed by atoms with Gasteiger partial charge in [0.15, 0.2) is 0 Å². The number of fused-ring (bicyclic) bond motifs is 1. The average Bonchev–Trinajstić information content (AvgIpc) is 3.20. The molecule has 1 aliphatic rings. The van der Waals surface area contributed by atoms with Crippen LogP contribution in [0.15, 0.2) is 108 Å². The Morgan fingerprint density at radius 1 is 0.914 bits per heavy atom. The van der Waals surface area contributed by atoms with Gasteiger partial charge in [0.2, 0.25) is 10.0 Å². The summed E-state index contributed by atoms with van der Waals surface area (Å²) in [5, 5.41) is 3.42. The summed E-state index contributed by atoms with van der Waals surface area (Å²) < 4.78 is 29.6. The van der Waals surface area contributed by atoms with Gasteiger partial charge in [0.05, 0.1) is 34.7 Å². The second kappa shape index (κ2) is 9.90. The van der Waals surface area contributed by atoms with Crippen molar-refractivity contribution in [2.45, 2.75) is 37.0 Å². The van der Waals surface area contributed by atoms with Crippen LogP contribution in [0.25, 0.3) is 0 Å². The van der Waals surface area contributed by atoms with E-state index in [0.717, 1.165) is 28.1 Å². The van der Waals surface area contributed by atoms with Gasteiger partial charge in [0.1, 0.15) is 0 Å². The summed E-state index contributed by atoms with van der Waals surface area (Å²) in [4.78, 5) is 6.68. The van der Waals surface area contributed by atoms with Crippen LogP contribution in [-0.2, 0) is 23.0 Å². The molecule has 6 nitrogen and oxygen atoms in total. The molecule has 0 spiro atoms. The van der Waals surface area contributed by atoms with Crippen LogP contribution in [0.5, 0.6) is 0 Å². The van der Waals surface area contributed by atoms with Crippen LogP contribution in [-0.4, -0.2) is 19.6 Å². The summed E-state index contributed by atoms with van der Waals surface area (Å²) >= 11 is 0. The zero-order valence-electron chi connectivity index (χ0n) is 19.5. The molecule has 0 saturated carbocycles. The van der Waals surface area contributed by atoms with Gasteiger partial charge in [-0.15, -0.1) is 0 Å². The predicted octanol–water partition coefficient (Wildman–Crippen LogP) is 5.12. The molecule has 0 aliphatic carbocycles. The number of hydrogen-bond acceptors (Lipinski definition) is 5. The molecular weight excluding hydrogens is 456 g/mol. The second-order valence-corrected chi connectivity index (χ2v) is 10.5. The Morgan fingerprint density at radius 2 is 1.60 bits per heavy atom. The van der Waals surface area contributed by atoms with Crippen LogP contribution in [0, 0.1) is 0 Å². The zero-order valence-corrected chi connectivity index (χ0v) is 20.3.